The van der Waals surface area contributed by atoms with Crippen molar-refractivity contribution in [3.63, 3.8) is 0 Å². The molecule has 0 saturated carbocycles. The van der Waals surface area contributed by atoms with Crippen molar-refractivity contribution in [1.82, 2.24) is 5.32 Å². The minimum atomic E-state index is -0.486. The average molecular weight is 500 g/mol. The van der Waals surface area contributed by atoms with Gasteiger partial charge in [-0.1, -0.05) is 35.9 Å². The van der Waals surface area contributed by atoms with E-state index in [1.165, 1.54) is 0 Å². The van der Waals surface area contributed by atoms with Crippen LogP contribution in [0.3, 0.4) is 0 Å². The predicted octanol–water partition coefficient (Wildman–Crippen LogP) is 6.24. The van der Waals surface area contributed by atoms with Crippen LogP contribution in [0.4, 0.5) is 16.2 Å². The number of hydrogen-bond donors (Lipinski definition) is 2. The molecule has 7 nitrogen and oxygen atoms in total. The lowest BCUT2D eigenvalue weighted by Gasteiger charge is -2.39. The molecule has 7 heteroatoms. The van der Waals surface area contributed by atoms with Crippen LogP contribution in [0.25, 0.3) is 11.1 Å². The van der Waals surface area contributed by atoms with E-state index in [0.29, 0.717) is 17.7 Å². The molecule has 4 rings (SSSR count). The zero-order valence-electron chi connectivity index (χ0n) is 21.9. The zero-order valence-corrected chi connectivity index (χ0v) is 21.9. The van der Waals surface area contributed by atoms with Crippen LogP contribution < -0.4 is 15.5 Å². The fraction of sp³-hybridized carbons (Fsp3) is 0.300. The largest absolute Gasteiger partial charge is 0.447 e. The number of rotatable bonds is 5. The highest BCUT2D eigenvalue weighted by atomic mass is 16.6. The van der Waals surface area contributed by atoms with E-state index in [1.807, 2.05) is 68.4 Å². The van der Waals surface area contributed by atoms with Crippen molar-refractivity contribution in [2.45, 2.75) is 59.2 Å². The second kappa shape index (κ2) is 10.9. The van der Waals surface area contributed by atoms with E-state index in [0.717, 1.165) is 27.9 Å². The highest BCUT2D eigenvalue weighted by Crippen LogP contribution is 2.40. The van der Waals surface area contributed by atoms with Crippen LogP contribution in [0.5, 0.6) is 0 Å². The molecule has 0 saturated heterocycles. The summed E-state index contributed by atoms with van der Waals surface area (Å²) >= 11 is 0. The lowest BCUT2D eigenvalue weighted by Crippen LogP contribution is -2.45. The molecule has 192 valence electrons. The monoisotopic (exact) mass is 499 g/mol. The average Bonchev–Trinajstić information content (AvgIpc) is 2.83. The maximum absolute atomic E-state index is 12.7. The number of alkyl carbamates (subject to hydrolysis) is 1. The molecule has 3 aromatic rings. The van der Waals surface area contributed by atoms with Crippen molar-refractivity contribution in [3.8, 4) is 11.1 Å². The van der Waals surface area contributed by atoms with Gasteiger partial charge in [0.05, 0.1) is 12.1 Å². The fourth-order valence-corrected chi connectivity index (χ4v) is 4.74. The van der Waals surface area contributed by atoms with Crippen LogP contribution in [0, 0.1) is 6.92 Å². The molecule has 0 fully saturated rings. The lowest BCUT2D eigenvalue weighted by molar-refractivity contribution is -0.117. The first-order chi connectivity index (χ1) is 17.6. The summed E-state index contributed by atoms with van der Waals surface area (Å²) in [7, 11) is 0. The minimum Gasteiger partial charge on any atom is -0.447 e. The van der Waals surface area contributed by atoms with Crippen molar-refractivity contribution >= 4 is 29.3 Å². The summed E-state index contributed by atoms with van der Waals surface area (Å²) < 4.78 is 5.32. The summed E-state index contributed by atoms with van der Waals surface area (Å²) in [5, 5.41) is 5.94. The Morgan fingerprint density at radius 3 is 2.35 bits per heavy atom. The maximum Gasteiger partial charge on any atom is 0.407 e. The van der Waals surface area contributed by atoms with E-state index in [2.05, 4.69) is 10.6 Å². The second-order valence-corrected chi connectivity index (χ2v) is 9.80. The van der Waals surface area contributed by atoms with Gasteiger partial charge in [0, 0.05) is 29.9 Å². The van der Waals surface area contributed by atoms with Crippen LogP contribution in [0.15, 0.2) is 66.7 Å². The van der Waals surface area contributed by atoms with E-state index in [-0.39, 0.29) is 30.0 Å². The number of carbonyl (C=O) groups is 3. The van der Waals surface area contributed by atoms with Gasteiger partial charge < -0.3 is 20.3 Å². The number of hydrogen-bond acceptors (Lipinski definition) is 4. The van der Waals surface area contributed by atoms with E-state index >= 15 is 0 Å². The molecule has 3 aromatic carbocycles. The standard InChI is InChI=1S/C30H33N3O4/c1-18(2)37-30(36)32-27-15-20(4)33(21(5)34)28-14-13-24(17-26(27)28)23-7-6-8-25(16-23)31-29(35)22-11-9-19(3)10-12-22/h6-14,16-18,20,27H,15H2,1-5H3,(H,31,35)(H,32,36)/t20-,27+/m0/s1. The third-order valence-corrected chi connectivity index (χ3v) is 6.42. The van der Waals surface area contributed by atoms with Crippen molar-refractivity contribution in [1.29, 1.82) is 0 Å². The molecular weight excluding hydrogens is 466 g/mol. The van der Waals surface area contributed by atoms with Gasteiger partial charge in [0.1, 0.15) is 0 Å². The molecule has 2 atom stereocenters. The molecule has 0 bridgehead atoms. The van der Waals surface area contributed by atoms with Crippen molar-refractivity contribution < 1.29 is 19.1 Å². The summed E-state index contributed by atoms with van der Waals surface area (Å²) in [6.45, 7) is 9.11. The highest BCUT2D eigenvalue weighted by Gasteiger charge is 2.33. The number of amides is 3. The van der Waals surface area contributed by atoms with E-state index in [4.69, 9.17) is 4.74 Å². The van der Waals surface area contributed by atoms with Crippen LogP contribution >= 0.6 is 0 Å². The van der Waals surface area contributed by atoms with Crippen LogP contribution in [-0.2, 0) is 9.53 Å². The molecule has 2 N–H and O–H groups in total. The number of aryl methyl sites for hydroxylation is 1. The Balaban J connectivity index is 1.65. The molecule has 0 unspecified atom stereocenters. The molecule has 0 spiro atoms. The smallest absolute Gasteiger partial charge is 0.407 e. The molecule has 1 aliphatic heterocycles. The van der Waals surface area contributed by atoms with Gasteiger partial charge in [0.25, 0.3) is 5.91 Å². The Morgan fingerprint density at radius 2 is 1.68 bits per heavy atom. The Hall–Kier alpha value is -4.13. The van der Waals surface area contributed by atoms with Gasteiger partial charge >= 0.3 is 6.09 Å². The first-order valence-electron chi connectivity index (χ1n) is 12.5. The first kappa shape index (κ1) is 25.9. The van der Waals surface area contributed by atoms with Gasteiger partial charge in [0.2, 0.25) is 5.91 Å². The van der Waals surface area contributed by atoms with Crippen molar-refractivity contribution in [3.05, 3.63) is 83.4 Å². The predicted molar refractivity (Wildman–Crippen MR) is 146 cm³/mol. The SMILES string of the molecule is CC(=O)N1c2ccc(-c3cccc(NC(=O)c4ccc(C)cc4)c3)cc2[C@H](NC(=O)OC(C)C)C[C@@H]1C. The Morgan fingerprint density at radius 1 is 0.973 bits per heavy atom. The third kappa shape index (κ3) is 6.00. The molecule has 1 aliphatic rings. The van der Waals surface area contributed by atoms with Gasteiger partial charge in [-0.05, 0) is 87.2 Å². The number of anilines is 2. The fourth-order valence-electron chi connectivity index (χ4n) is 4.74. The number of ether oxygens (including phenoxy) is 1. The summed E-state index contributed by atoms with van der Waals surface area (Å²) in [5.74, 6) is -0.230. The second-order valence-electron chi connectivity index (χ2n) is 9.80. The van der Waals surface area contributed by atoms with Gasteiger partial charge in [-0.3, -0.25) is 9.59 Å². The molecule has 0 aromatic heterocycles. The summed E-state index contributed by atoms with van der Waals surface area (Å²) in [4.78, 5) is 39.4. The van der Waals surface area contributed by atoms with Gasteiger partial charge in [-0.15, -0.1) is 0 Å². The summed E-state index contributed by atoms with van der Waals surface area (Å²) in [6.07, 6.45) is -0.158. The van der Waals surface area contributed by atoms with Crippen LogP contribution in [-0.4, -0.2) is 30.1 Å². The molecule has 0 aliphatic carbocycles. The van der Waals surface area contributed by atoms with Crippen molar-refractivity contribution in [2.24, 2.45) is 0 Å². The Bertz CT molecular complexity index is 1320. The number of carbonyl (C=O) groups excluding carboxylic acids is 3. The normalized spacial score (nSPS) is 16.6. The van der Waals surface area contributed by atoms with Gasteiger partial charge in [-0.25, -0.2) is 4.79 Å². The minimum absolute atomic E-state index is 0.0504. The molecule has 1 heterocycles. The van der Waals surface area contributed by atoms with E-state index < -0.39 is 6.09 Å². The molecule has 37 heavy (non-hydrogen) atoms. The highest BCUT2D eigenvalue weighted by molar-refractivity contribution is 6.04. The number of benzene rings is 3. The topological polar surface area (TPSA) is 87.7 Å². The van der Waals surface area contributed by atoms with Crippen LogP contribution in [0.2, 0.25) is 0 Å². The van der Waals surface area contributed by atoms with Gasteiger partial charge in [0.15, 0.2) is 0 Å². The Kier molecular flexibility index (Phi) is 7.62. The number of nitrogens with one attached hydrogen (secondary N) is 2. The maximum atomic E-state index is 12.7. The Labute approximate surface area is 217 Å². The quantitative estimate of drug-likeness (QED) is 0.435. The van der Waals surface area contributed by atoms with Crippen LogP contribution in [0.1, 0.15) is 61.6 Å². The molecule has 0 radical (unpaired) electrons. The molecule has 3 amide bonds. The van der Waals surface area contributed by atoms with E-state index in [9.17, 15) is 14.4 Å². The summed E-state index contributed by atoms with van der Waals surface area (Å²) in [6, 6.07) is 20.5. The molecular formula is C30H33N3O4. The first-order valence-corrected chi connectivity index (χ1v) is 12.5. The van der Waals surface area contributed by atoms with Crippen molar-refractivity contribution in [2.75, 3.05) is 10.2 Å². The number of nitrogens with zero attached hydrogens (tertiary/aromatic N) is 1. The zero-order chi connectivity index (χ0) is 26.7. The number of fused-ring (bicyclic) bond motifs is 1. The summed E-state index contributed by atoms with van der Waals surface area (Å²) in [5.41, 5.74) is 5.79. The van der Waals surface area contributed by atoms with Gasteiger partial charge in [-0.2, -0.15) is 0 Å². The lowest BCUT2D eigenvalue weighted by atomic mass is 9.89. The van der Waals surface area contributed by atoms with E-state index in [1.54, 1.807) is 37.8 Å². The third-order valence-electron chi connectivity index (χ3n) is 6.42.